The number of aromatic nitrogens is 4. The molecule has 1 atom stereocenters. The van der Waals surface area contributed by atoms with Crippen LogP contribution in [0, 0.1) is 25.5 Å². The van der Waals surface area contributed by atoms with Gasteiger partial charge < -0.3 is 9.30 Å². The van der Waals surface area contributed by atoms with Crippen LogP contribution in [0.1, 0.15) is 35.6 Å². The quantitative estimate of drug-likeness (QED) is 0.696. The zero-order valence-corrected chi connectivity index (χ0v) is 14.0. The number of aromatic amines is 1. The molecular formula is C15H21N5OS. The molecule has 0 aromatic carbocycles. The standard InChI is InChI=1S/C15H21N5OS/c1-10-7-13(8-16-20-12(3)17-18-15(20)22)11(2)19(10)9-14-5-4-6-21-14/h7-8,14H,4-6,9H2,1-3H3,(H,18,22)/b16-8-/t14-/m0/s1. The Morgan fingerprint density at radius 1 is 1.50 bits per heavy atom. The van der Waals surface area contributed by atoms with Crippen molar-refractivity contribution in [3.05, 3.63) is 33.6 Å². The van der Waals surface area contributed by atoms with Crippen LogP contribution in [0.3, 0.4) is 0 Å². The molecule has 118 valence electrons. The van der Waals surface area contributed by atoms with Crippen molar-refractivity contribution in [3.63, 3.8) is 0 Å². The second kappa shape index (κ2) is 6.18. The van der Waals surface area contributed by atoms with Crippen LogP contribution in [0.4, 0.5) is 0 Å². The largest absolute Gasteiger partial charge is 0.376 e. The van der Waals surface area contributed by atoms with Crippen LogP contribution in [0.5, 0.6) is 0 Å². The van der Waals surface area contributed by atoms with Crippen LogP contribution in [0.15, 0.2) is 11.2 Å². The Morgan fingerprint density at radius 2 is 2.32 bits per heavy atom. The molecular weight excluding hydrogens is 298 g/mol. The first-order valence-corrected chi connectivity index (χ1v) is 7.94. The third-order valence-corrected chi connectivity index (χ3v) is 4.41. The van der Waals surface area contributed by atoms with E-state index in [0.717, 1.165) is 37.4 Å². The van der Waals surface area contributed by atoms with Gasteiger partial charge in [0.15, 0.2) is 0 Å². The lowest BCUT2D eigenvalue weighted by Crippen LogP contribution is -2.16. The number of aryl methyl sites for hydroxylation is 2. The van der Waals surface area contributed by atoms with Gasteiger partial charge in [-0.05, 0) is 51.9 Å². The second-order valence-electron chi connectivity index (χ2n) is 5.70. The predicted molar refractivity (Wildman–Crippen MR) is 88.0 cm³/mol. The van der Waals surface area contributed by atoms with Gasteiger partial charge in [-0.1, -0.05) is 0 Å². The minimum absolute atomic E-state index is 0.333. The van der Waals surface area contributed by atoms with E-state index in [9.17, 15) is 0 Å². The monoisotopic (exact) mass is 319 g/mol. The summed E-state index contributed by atoms with van der Waals surface area (Å²) in [7, 11) is 0. The summed E-state index contributed by atoms with van der Waals surface area (Å²) in [6, 6.07) is 2.15. The second-order valence-corrected chi connectivity index (χ2v) is 6.09. The number of hydrogen-bond acceptors (Lipinski definition) is 4. The van der Waals surface area contributed by atoms with Crippen molar-refractivity contribution in [3.8, 4) is 0 Å². The highest BCUT2D eigenvalue weighted by molar-refractivity contribution is 7.71. The van der Waals surface area contributed by atoms with E-state index in [4.69, 9.17) is 17.0 Å². The lowest BCUT2D eigenvalue weighted by Gasteiger charge is -2.14. The summed E-state index contributed by atoms with van der Waals surface area (Å²) in [6.45, 7) is 7.90. The van der Waals surface area contributed by atoms with E-state index in [1.165, 1.54) is 11.4 Å². The summed E-state index contributed by atoms with van der Waals surface area (Å²) in [5, 5.41) is 11.2. The first-order chi connectivity index (χ1) is 10.6. The van der Waals surface area contributed by atoms with Crippen LogP contribution in [0.25, 0.3) is 0 Å². The molecule has 3 rings (SSSR count). The fourth-order valence-electron chi connectivity index (χ4n) is 2.86. The Balaban J connectivity index is 1.84. The first kappa shape index (κ1) is 15.2. The van der Waals surface area contributed by atoms with Crippen LogP contribution in [0.2, 0.25) is 0 Å². The third kappa shape index (κ3) is 2.91. The van der Waals surface area contributed by atoms with E-state index in [1.807, 2.05) is 13.1 Å². The van der Waals surface area contributed by atoms with Crippen molar-refractivity contribution < 1.29 is 4.74 Å². The number of H-pyrrole nitrogens is 1. The molecule has 1 aliphatic heterocycles. The number of hydrogen-bond donors (Lipinski definition) is 1. The molecule has 22 heavy (non-hydrogen) atoms. The molecule has 0 aliphatic carbocycles. The average molecular weight is 319 g/mol. The summed E-state index contributed by atoms with van der Waals surface area (Å²) in [5.74, 6) is 0.745. The SMILES string of the molecule is Cc1cc(/C=N\n2c(C)n[nH]c2=S)c(C)n1C[C@@H]1CCCO1. The minimum Gasteiger partial charge on any atom is -0.376 e. The molecule has 1 aliphatic rings. The molecule has 3 heterocycles. The molecule has 1 saturated heterocycles. The molecule has 0 unspecified atom stereocenters. The molecule has 2 aromatic rings. The summed E-state index contributed by atoms with van der Waals surface area (Å²) in [5.41, 5.74) is 3.52. The molecule has 0 amide bonds. The van der Waals surface area contributed by atoms with Gasteiger partial charge in [0.1, 0.15) is 5.82 Å². The molecule has 2 aromatic heterocycles. The molecule has 0 spiro atoms. The van der Waals surface area contributed by atoms with Crippen molar-refractivity contribution in [1.29, 1.82) is 0 Å². The molecule has 0 saturated carbocycles. The van der Waals surface area contributed by atoms with Gasteiger partial charge in [0.2, 0.25) is 4.77 Å². The Kier molecular flexibility index (Phi) is 4.26. The smallest absolute Gasteiger partial charge is 0.216 e. The Hall–Kier alpha value is -1.73. The van der Waals surface area contributed by atoms with E-state index in [-0.39, 0.29) is 0 Å². The molecule has 0 radical (unpaired) electrons. The fraction of sp³-hybridized carbons (Fsp3) is 0.533. The van der Waals surface area contributed by atoms with Crippen LogP contribution >= 0.6 is 12.2 Å². The van der Waals surface area contributed by atoms with Crippen molar-refractivity contribution in [2.24, 2.45) is 5.10 Å². The van der Waals surface area contributed by atoms with Crippen LogP contribution in [-0.4, -0.2) is 38.4 Å². The first-order valence-electron chi connectivity index (χ1n) is 7.53. The van der Waals surface area contributed by atoms with Crippen LogP contribution < -0.4 is 0 Å². The zero-order valence-electron chi connectivity index (χ0n) is 13.2. The van der Waals surface area contributed by atoms with Crippen molar-refractivity contribution in [2.75, 3.05) is 6.61 Å². The fourth-order valence-corrected chi connectivity index (χ4v) is 3.08. The highest BCUT2D eigenvalue weighted by atomic mass is 32.1. The van der Waals surface area contributed by atoms with Crippen LogP contribution in [-0.2, 0) is 11.3 Å². The van der Waals surface area contributed by atoms with Gasteiger partial charge in [0, 0.05) is 30.1 Å². The van der Waals surface area contributed by atoms with Gasteiger partial charge in [-0.2, -0.15) is 14.9 Å². The molecule has 7 heteroatoms. The lowest BCUT2D eigenvalue weighted by molar-refractivity contribution is 0.0962. The van der Waals surface area contributed by atoms with Gasteiger partial charge in [0.25, 0.3) is 0 Å². The summed E-state index contributed by atoms with van der Waals surface area (Å²) >= 11 is 5.16. The number of rotatable bonds is 4. The minimum atomic E-state index is 0.333. The summed E-state index contributed by atoms with van der Waals surface area (Å²) in [4.78, 5) is 0. The number of nitrogens with zero attached hydrogens (tertiary/aromatic N) is 4. The Bertz CT molecular complexity index is 749. The van der Waals surface area contributed by atoms with E-state index in [2.05, 4.69) is 39.8 Å². The normalized spacial score (nSPS) is 18.6. The van der Waals surface area contributed by atoms with Crippen molar-refractivity contribution in [1.82, 2.24) is 19.4 Å². The summed E-state index contributed by atoms with van der Waals surface area (Å²) in [6.07, 6.45) is 4.48. The predicted octanol–water partition coefficient (Wildman–Crippen LogP) is 2.73. The van der Waals surface area contributed by atoms with Crippen molar-refractivity contribution >= 4 is 18.4 Å². The van der Waals surface area contributed by atoms with Gasteiger partial charge in [-0.3, -0.25) is 5.10 Å². The molecule has 0 bridgehead atoms. The van der Waals surface area contributed by atoms with Gasteiger partial charge in [-0.15, -0.1) is 0 Å². The highest BCUT2D eigenvalue weighted by Gasteiger charge is 2.18. The lowest BCUT2D eigenvalue weighted by atomic mass is 10.2. The van der Waals surface area contributed by atoms with E-state index >= 15 is 0 Å². The topological polar surface area (TPSA) is 60.1 Å². The Morgan fingerprint density at radius 3 is 2.95 bits per heavy atom. The molecule has 1 fully saturated rings. The maximum Gasteiger partial charge on any atom is 0.216 e. The third-order valence-electron chi connectivity index (χ3n) is 4.15. The van der Waals surface area contributed by atoms with Gasteiger partial charge >= 0.3 is 0 Å². The number of nitrogens with one attached hydrogen (secondary N) is 1. The average Bonchev–Trinajstić information content (AvgIpc) is 3.17. The Labute approximate surface area is 134 Å². The summed E-state index contributed by atoms with van der Waals surface area (Å²) < 4.78 is 10.2. The maximum atomic E-state index is 5.74. The van der Waals surface area contributed by atoms with Crippen molar-refractivity contribution in [2.45, 2.75) is 46.3 Å². The zero-order chi connectivity index (χ0) is 15.7. The number of ether oxygens (including phenoxy) is 1. The molecule has 6 nitrogen and oxygen atoms in total. The van der Waals surface area contributed by atoms with E-state index < -0.39 is 0 Å². The highest BCUT2D eigenvalue weighted by Crippen LogP contribution is 2.19. The van der Waals surface area contributed by atoms with Gasteiger partial charge in [-0.25, -0.2) is 0 Å². The maximum absolute atomic E-state index is 5.74. The molecule has 1 N–H and O–H groups in total. The van der Waals surface area contributed by atoms with Gasteiger partial charge in [0.05, 0.1) is 12.3 Å². The van der Waals surface area contributed by atoms with E-state index in [1.54, 1.807) is 4.68 Å². The van der Waals surface area contributed by atoms with E-state index in [0.29, 0.717) is 10.9 Å².